The molecule has 0 aliphatic carbocycles. The van der Waals surface area contributed by atoms with Crippen LogP contribution in [0.1, 0.15) is 29.9 Å². The van der Waals surface area contributed by atoms with Gasteiger partial charge in [-0.25, -0.2) is 4.79 Å². The second kappa shape index (κ2) is 8.82. The molecular weight excluding hydrogens is 342 g/mol. The molecule has 0 radical (unpaired) electrons. The second-order valence-electron chi connectivity index (χ2n) is 7.00. The summed E-state index contributed by atoms with van der Waals surface area (Å²) >= 11 is 0. The summed E-state index contributed by atoms with van der Waals surface area (Å²) in [5.74, 6) is -1.11. The summed E-state index contributed by atoms with van der Waals surface area (Å²) in [6.45, 7) is 0.332. The van der Waals surface area contributed by atoms with Crippen LogP contribution in [-0.4, -0.2) is 47.7 Å². The monoisotopic (exact) mass is 367 g/mol. The predicted octanol–water partition coefficient (Wildman–Crippen LogP) is 3.10. The SMILES string of the molecule is COC1CC(C(=O)O)N(C(=O)CC(Cc2ccccc2)c2ccccc2)C1. The number of likely N-dealkylation sites (tertiary alicyclic amines) is 1. The number of methoxy groups -OCH3 is 1. The average Bonchev–Trinajstić information content (AvgIpc) is 3.14. The van der Waals surface area contributed by atoms with E-state index in [0.717, 1.165) is 17.5 Å². The molecule has 3 atom stereocenters. The van der Waals surface area contributed by atoms with Crippen molar-refractivity contribution in [2.24, 2.45) is 0 Å². The lowest BCUT2D eigenvalue weighted by Crippen LogP contribution is -2.41. The fourth-order valence-corrected chi connectivity index (χ4v) is 3.74. The molecule has 1 saturated heterocycles. The van der Waals surface area contributed by atoms with E-state index in [2.05, 4.69) is 12.1 Å². The number of hydrogen-bond donors (Lipinski definition) is 1. The summed E-state index contributed by atoms with van der Waals surface area (Å²) in [5, 5.41) is 9.48. The summed E-state index contributed by atoms with van der Waals surface area (Å²) in [7, 11) is 1.56. The first-order chi connectivity index (χ1) is 13.1. The molecule has 1 heterocycles. The molecule has 142 valence electrons. The van der Waals surface area contributed by atoms with E-state index in [-0.39, 0.29) is 24.3 Å². The topological polar surface area (TPSA) is 66.8 Å². The lowest BCUT2D eigenvalue weighted by molar-refractivity contribution is -0.148. The summed E-state index contributed by atoms with van der Waals surface area (Å²) in [6, 6.07) is 19.2. The molecule has 5 nitrogen and oxygen atoms in total. The Morgan fingerprint density at radius 2 is 1.74 bits per heavy atom. The maximum Gasteiger partial charge on any atom is 0.326 e. The fourth-order valence-electron chi connectivity index (χ4n) is 3.74. The van der Waals surface area contributed by atoms with Gasteiger partial charge in [0.15, 0.2) is 0 Å². The molecule has 0 saturated carbocycles. The minimum atomic E-state index is -0.970. The number of carboxylic acid groups (broad SMARTS) is 1. The van der Waals surface area contributed by atoms with Gasteiger partial charge in [-0.3, -0.25) is 4.79 Å². The largest absolute Gasteiger partial charge is 0.480 e. The van der Waals surface area contributed by atoms with Crippen molar-refractivity contribution in [3.8, 4) is 0 Å². The second-order valence-corrected chi connectivity index (χ2v) is 7.00. The zero-order valence-corrected chi connectivity index (χ0v) is 15.5. The molecule has 1 fully saturated rings. The average molecular weight is 367 g/mol. The highest BCUT2D eigenvalue weighted by Crippen LogP contribution is 2.28. The van der Waals surface area contributed by atoms with Crippen LogP contribution in [0.15, 0.2) is 60.7 Å². The van der Waals surface area contributed by atoms with Crippen LogP contribution in [0.3, 0.4) is 0 Å². The normalized spacial score (nSPS) is 20.4. The van der Waals surface area contributed by atoms with E-state index >= 15 is 0 Å². The molecule has 2 aromatic rings. The van der Waals surface area contributed by atoms with Gasteiger partial charge in [0, 0.05) is 26.5 Å². The van der Waals surface area contributed by atoms with Crippen molar-refractivity contribution in [2.45, 2.75) is 37.3 Å². The van der Waals surface area contributed by atoms with Crippen LogP contribution < -0.4 is 0 Å². The van der Waals surface area contributed by atoms with Gasteiger partial charge in [0.25, 0.3) is 0 Å². The Morgan fingerprint density at radius 1 is 1.11 bits per heavy atom. The van der Waals surface area contributed by atoms with Crippen molar-refractivity contribution in [3.05, 3.63) is 71.8 Å². The Morgan fingerprint density at radius 3 is 2.33 bits per heavy atom. The van der Waals surface area contributed by atoms with Gasteiger partial charge in [-0.15, -0.1) is 0 Å². The van der Waals surface area contributed by atoms with Crippen LogP contribution in [0.2, 0.25) is 0 Å². The van der Waals surface area contributed by atoms with Gasteiger partial charge in [-0.1, -0.05) is 60.7 Å². The number of ether oxygens (including phenoxy) is 1. The molecular formula is C22H25NO4. The minimum absolute atomic E-state index is 0.00265. The van der Waals surface area contributed by atoms with Crippen molar-refractivity contribution < 1.29 is 19.4 Å². The van der Waals surface area contributed by atoms with Gasteiger partial charge < -0.3 is 14.7 Å². The van der Waals surface area contributed by atoms with Gasteiger partial charge in [0.2, 0.25) is 5.91 Å². The molecule has 1 amide bonds. The third-order valence-corrected chi connectivity index (χ3v) is 5.22. The molecule has 5 heteroatoms. The molecule has 2 aromatic carbocycles. The third kappa shape index (κ3) is 4.74. The van der Waals surface area contributed by atoms with Gasteiger partial charge in [-0.05, 0) is 23.5 Å². The molecule has 1 aliphatic rings. The van der Waals surface area contributed by atoms with Crippen LogP contribution in [0.5, 0.6) is 0 Å². The van der Waals surface area contributed by atoms with Crippen molar-refractivity contribution in [1.29, 1.82) is 0 Å². The first-order valence-corrected chi connectivity index (χ1v) is 9.22. The maximum atomic E-state index is 13.0. The Balaban J connectivity index is 1.79. The first-order valence-electron chi connectivity index (χ1n) is 9.22. The number of carbonyl (C=O) groups is 2. The standard InChI is InChI=1S/C22H25NO4/c1-27-19-14-20(22(25)26)23(15-19)21(24)13-18(17-10-6-3-7-11-17)12-16-8-4-2-5-9-16/h2-11,18-20H,12-15H2,1H3,(H,25,26). The summed E-state index contributed by atoms with van der Waals surface area (Å²) in [4.78, 5) is 26.0. The number of benzene rings is 2. The van der Waals surface area contributed by atoms with Crippen molar-refractivity contribution in [3.63, 3.8) is 0 Å². The Kier molecular flexibility index (Phi) is 6.24. The first kappa shape index (κ1) is 19.1. The van der Waals surface area contributed by atoms with Crippen LogP contribution in [0, 0.1) is 0 Å². The number of nitrogens with zero attached hydrogens (tertiary/aromatic N) is 1. The van der Waals surface area contributed by atoms with Gasteiger partial charge in [0.05, 0.1) is 6.10 Å². The number of rotatable bonds is 7. The predicted molar refractivity (Wildman–Crippen MR) is 102 cm³/mol. The van der Waals surface area contributed by atoms with Crippen LogP contribution in [0.25, 0.3) is 0 Å². The highest BCUT2D eigenvalue weighted by Gasteiger charge is 2.40. The van der Waals surface area contributed by atoms with Crippen LogP contribution in [0.4, 0.5) is 0 Å². The molecule has 1 aliphatic heterocycles. The molecule has 3 rings (SSSR count). The molecule has 3 unspecified atom stereocenters. The van der Waals surface area contributed by atoms with E-state index in [1.165, 1.54) is 4.90 Å². The summed E-state index contributed by atoms with van der Waals surface area (Å²) in [6.07, 6.45) is 1.13. The quantitative estimate of drug-likeness (QED) is 0.817. The molecule has 27 heavy (non-hydrogen) atoms. The smallest absolute Gasteiger partial charge is 0.326 e. The zero-order valence-electron chi connectivity index (χ0n) is 15.5. The molecule has 0 spiro atoms. The van der Waals surface area contributed by atoms with Gasteiger partial charge in [0.1, 0.15) is 6.04 Å². The van der Waals surface area contributed by atoms with Gasteiger partial charge in [-0.2, -0.15) is 0 Å². The highest BCUT2D eigenvalue weighted by molar-refractivity contribution is 5.85. The lowest BCUT2D eigenvalue weighted by atomic mass is 9.89. The van der Waals surface area contributed by atoms with Crippen LogP contribution >= 0.6 is 0 Å². The van der Waals surface area contributed by atoms with Crippen molar-refractivity contribution >= 4 is 11.9 Å². The van der Waals surface area contributed by atoms with E-state index in [9.17, 15) is 14.7 Å². The number of carboxylic acids is 1. The molecule has 0 bridgehead atoms. The van der Waals surface area contributed by atoms with E-state index in [0.29, 0.717) is 13.0 Å². The van der Waals surface area contributed by atoms with Gasteiger partial charge >= 0.3 is 5.97 Å². The Labute approximate surface area is 159 Å². The van der Waals surface area contributed by atoms with Crippen molar-refractivity contribution in [2.75, 3.05) is 13.7 Å². The number of carbonyl (C=O) groups excluding carboxylic acids is 1. The highest BCUT2D eigenvalue weighted by atomic mass is 16.5. The minimum Gasteiger partial charge on any atom is -0.480 e. The van der Waals surface area contributed by atoms with Crippen molar-refractivity contribution in [1.82, 2.24) is 4.90 Å². The zero-order chi connectivity index (χ0) is 19.2. The number of aliphatic carboxylic acids is 1. The van der Waals surface area contributed by atoms with E-state index < -0.39 is 12.0 Å². The number of hydrogen-bond acceptors (Lipinski definition) is 3. The fraction of sp³-hybridized carbons (Fsp3) is 0.364. The van der Waals surface area contributed by atoms with E-state index in [1.54, 1.807) is 7.11 Å². The molecule has 1 N–H and O–H groups in total. The van der Waals surface area contributed by atoms with Crippen LogP contribution in [-0.2, 0) is 20.7 Å². The lowest BCUT2D eigenvalue weighted by Gasteiger charge is -2.25. The Hall–Kier alpha value is -2.66. The number of amides is 1. The molecule has 0 aromatic heterocycles. The van der Waals surface area contributed by atoms with E-state index in [4.69, 9.17) is 4.74 Å². The summed E-state index contributed by atoms with van der Waals surface area (Å²) < 4.78 is 5.30. The van der Waals surface area contributed by atoms with E-state index in [1.807, 2.05) is 48.5 Å². The third-order valence-electron chi connectivity index (χ3n) is 5.22. The maximum absolute atomic E-state index is 13.0. The Bertz CT molecular complexity index is 762. The summed E-state index contributed by atoms with van der Waals surface area (Å²) in [5.41, 5.74) is 2.24.